The van der Waals surface area contributed by atoms with E-state index in [1.165, 1.54) is 23.1 Å². The summed E-state index contributed by atoms with van der Waals surface area (Å²) in [4.78, 5) is 24.5. The molecule has 1 aromatic rings. The number of carbonyl (C=O) groups is 2. The molecule has 0 bridgehead atoms. The first-order chi connectivity index (χ1) is 9.04. The van der Waals surface area contributed by atoms with Crippen LogP contribution in [0.3, 0.4) is 0 Å². The van der Waals surface area contributed by atoms with Gasteiger partial charge >= 0.3 is 5.97 Å². The zero-order valence-electron chi connectivity index (χ0n) is 10.1. The SMILES string of the molecule is O=C(O)C(c1ccccc1F)N1CC(CS)CC1=O. The van der Waals surface area contributed by atoms with Gasteiger partial charge in [0.05, 0.1) is 0 Å². The molecule has 1 heterocycles. The van der Waals surface area contributed by atoms with Crippen LogP contribution in [0.4, 0.5) is 4.39 Å². The van der Waals surface area contributed by atoms with Crippen molar-refractivity contribution in [3.05, 3.63) is 35.6 Å². The molecular formula is C13H14FNO3S. The van der Waals surface area contributed by atoms with E-state index in [1.54, 1.807) is 6.07 Å². The van der Waals surface area contributed by atoms with Gasteiger partial charge in [0.25, 0.3) is 0 Å². The average molecular weight is 283 g/mol. The molecule has 0 radical (unpaired) electrons. The average Bonchev–Trinajstić information content (AvgIpc) is 2.73. The summed E-state index contributed by atoms with van der Waals surface area (Å²) >= 11 is 4.12. The Morgan fingerprint density at radius 2 is 2.21 bits per heavy atom. The van der Waals surface area contributed by atoms with Crippen LogP contribution in [0.25, 0.3) is 0 Å². The molecule has 0 aliphatic carbocycles. The van der Waals surface area contributed by atoms with Gasteiger partial charge in [-0.15, -0.1) is 0 Å². The van der Waals surface area contributed by atoms with Gasteiger partial charge in [0.1, 0.15) is 5.82 Å². The van der Waals surface area contributed by atoms with Crippen molar-refractivity contribution < 1.29 is 19.1 Å². The number of hydrogen-bond acceptors (Lipinski definition) is 3. The molecular weight excluding hydrogens is 269 g/mol. The topological polar surface area (TPSA) is 57.6 Å². The third-order valence-electron chi connectivity index (χ3n) is 3.24. The van der Waals surface area contributed by atoms with Crippen LogP contribution in [0.5, 0.6) is 0 Å². The predicted molar refractivity (Wildman–Crippen MR) is 70.4 cm³/mol. The van der Waals surface area contributed by atoms with E-state index in [2.05, 4.69) is 12.6 Å². The van der Waals surface area contributed by atoms with Crippen LogP contribution < -0.4 is 0 Å². The number of carbonyl (C=O) groups excluding carboxylic acids is 1. The zero-order valence-corrected chi connectivity index (χ0v) is 11.0. The normalized spacial score (nSPS) is 20.6. The highest BCUT2D eigenvalue weighted by Gasteiger charge is 2.39. The number of carboxylic acid groups (broad SMARTS) is 1. The third-order valence-corrected chi connectivity index (χ3v) is 3.76. The maximum atomic E-state index is 13.7. The molecule has 4 nitrogen and oxygen atoms in total. The van der Waals surface area contributed by atoms with Gasteiger partial charge in [0, 0.05) is 18.5 Å². The van der Waals surface area contributed by atoms with E-state index in [0.29, 0.717) is 12.3 Å². The number of halogens is 1. The van der Waals surface area contributed by atoms with E-state index in [-0.39, 0.29) is 23.8 Å². The smallest absolute Gasteiger partial charge is 0.331 e. The Bertz CT molecular complexity index is 508. The van der Waals surface area contributed by atoms with Crippen LogP contribution in [0.1, 0.15) is 18.0 Å². The summed E-state index contributed by atoms with van der Waals surface area (Å²) in [5.41, 5.74) is 0.0168. The maximum Gasteiger partial charge on any atom is 0.331 e. The lowest BCUT2D eigenvalue weighted by molar-refractivity contribution is -0.148. The first-order valence-corrected chi connectivity index (χ1v) is 6.55. The highest BCUT2D eigenvalue weighted by molar-refractivity contribution is 7.80. The number of rotatable bonds is 4. The van der Waals surface area contributed by atoms with Gasteiger partial charge in [-0.1, -0.05) is 18.2 Å². The lowest BCUT2D eigenvalue weighted by Gasteiger charge is -2.25. The molecule has 1 saturated heterocycles. The molecule has 19 heavy (non-hydrogen) atoms. The highest BCUT2D eigenvalue weighted by Crippen LogP contribution is 2.30. The van der Waals surface area contributed by atoms with Crippen molar-refractivity contribution in [1.29, 1.82) is 0 Å². The summed E-state index contributed by atoms with van der Waals surface area (Å²) in [6, 6.07) is 4.38. The van der Waals surface area contributed by atoms with E-state index in [1.807, 2.05) is 0 Å². The molecule has 0 saturated carbocycles. The van der Waals surface area contributed by atoms with Crippen molar-refractivity contribution in [2.45, 2.75) is 12.5 Å². The molecule has 2 unspecified atom stereocenters. The first-order valence-electron chi connectivity index (χ1n) is 5.92. The van der Waals surface area contributed by atoms with Crippen LogP contribution in [0.2, 0.25) is 0 Å². The van der Waals surface area contributed by atoms with Gasteiger partial charge in [0.15, 0.2) is 6.04 Å². The number of thiol groups is 1. The van der Waals surface area contributed by atoms with E-state index in [4.69, 9.17) is 0 Å². The molecule has 1 N–H and O–H groups in total. The molecule has 1 aromatic carbocycles. The van der Waals surface area contributed by atoms with Crippen LogP contribution in [-0.4, -0.2) is 34.2 Å². The number of hydrogen-bond donors (Lipinski definition) is 2. The van der Waals surface area contributed by atoms with Crippen LogP contribution in [-0.2, 0) is 9.59 Å². The van der Waals surface area contributed by atoms with Gasteiger partial charge in [-0.3, -0.25) is 4.79 Å². The van der Waals surface area contributed by atoms with Gasteiger partial charge in [-0.25, -0.2) is 9.18 Å². The Morgan fingerprint density at radius 1 is 1.53 bits per heavy atom. The van der Waals surface area contributed by atoms with E-state index >= 15 is 0 Å². The number of benzene rings is 1. The van der Waals surface area contributed by atoms with Crippen molar-refractivity contribution in [3.63, 3.8) is 0 Å². The summed E-state index contributed by atoms with van der Waals surface area (Å²) in [5, 5.41) is 9.31. The second-order valence-corrected chi connectivity index (χ2v) is 4.93. The lowest BCUT2D eigenvalue weighted by Crippen LogP contribution is -2.36. The monoisotopic (exact) mass is 283 g/mol. The van der Waals surface area contributed by atoms with Crippen molar-refractivity contribution in [2.24, 2.45) is 5.92 Å². The number of amides is 1. The number of carboxylic acids is 1. The Kier molecular flexibility index (Phi) is 4.09. The molecule has 0 aromatic heterocycles. The Labute approximate surface area is 115 Å². The second-order valence-electron chi connectivity index (χ2n) is 4.56. The number of likely N-dealkylation sites (tertiary alicyclic amines) is 1. The maximum absolute atomic E-state index is 13.7. The highest BCUT2D eigenvalue weighted by atomic mass is 32.1. The van der Waals surface area contributed by atoms with Gasteiger partial charge in [-0.2, -0.15) is 12.6 Å². The quantitative estimate of drug-likeness (QED) is 0.827. The van der Waals surface area contributed by atoms with Crippen molar-refractivity contribution >= 4 is 24.5 Å². The Hall–Kier alpha value is -1.56. The Balaban J connectivity index is 2.35. The van der Waals surface area contributed by atoms with E-state index in [0.717, 1.165) is 0 Å². The molecule has 1 aliphatic heterocycles. The third kappa shape index (κ3) is 2.73. The zero-order chi connectivity index (χ0) is 14.0. The molecule has 1 amide bonds. The van der Waals surface area contributed by atoms with E-state index in [9.17, 15) is 19.1 Å². The summed E-state index contributed by atoms with van der Waals surface area (Å²) in [5.74, 6) is -1.58. The molecule has 2 atom stereocenters. The summed E-state index contributed by atoms with van der Waals surface area (Å²) in [6.07, 6.45) is 0.266. The molecule has 0 spiro atoms. The van der Waals surface area contributed by atoms with Crippen LogP contribution in [0.15, 0.2) is 24.3 Å². The van der Waals surface area contributed by atoms with Crippen molar-refractivity contribution in [2.75, 3.05) is 12.3 Å². The van der Waals surface area contributed by atoms with Gasteiger partial charge in [0.2, 0.25) is 5.91 Å². The fraction of sp³-hybridized carbons (Fsp3) is 0.385. The number of aliphatic carboxylic acids is 1. The summed E-state index contributed by atoms with van der Waals surface area (Å²) in [6.45, 7) is 0.299. The van der Waals surface area contributed by atoms with Crippen molar-refractivity contribution in [1.82, 2.24) is 4.90 Å². The minimum Gasteiger partial charge on any atom is -0.479 e. The van der Waals surface area contributed by atoms with Gasteiger partial charge < -0.3 is 10.0 Å². The summed E-state index contributed by atoms with van der Waals surface area (Å²) < 4.78 is 13.7. The number of nitrogens with zero attached hydrogens (tertiary/aromatic N) is 1. The van der Waals surface area contributed by atoms with Crippen molar-refractivity contribution in [3.8, 4) is 0 Å². The largest absolute Gasteiger partial charge is 0.479 e. The minimum absolute atomic E-state index is 0.0168. The molecule has 2 rings (SSSR count). The predicted octanol–water partition coefficient (Wildman–Crippen LogP) is 1.73. The summed E-state index contributed by atoms with van der Waals surface area (Å²) in [7, 11) is 0. The minimum atomic E-state index is -1.27. The fourth-order valence-electron chi connectivity index (χ4n) is 2.31. The van der Waals surface area contributed by atoms with E-state index < -0.39 is 17.8 Å². The Morgan fingerprint density at radius 3 is 2.74 bits per heavy atom. The van der Waals surface area contributed by atoms with Crippen LogP contribution >= 0.6 is 12.6 Å². The molecule has 1 fully saturated rings. The molecule has 102 valence electrons. The molecule has 1 aliphatic rings. The standard InChI is InChI=1S/C13H14FNO3S/c14-10-4-2-1-3-9(10)12(13(17)18)15-6-8(7-19)5-11(15)16/h1-4,8,12,19H,5-7H2,(H,17,18). The first kappa shape index (κ1) is 13.9. The fourth-order valence-corrected chi connectivity index (χ4v) is 2.56. The van der Waals surface area contributed by atoms with Gasteiger partial charge in [-0.05, 0) is 17.7 Å². The van der Waals surface area contributed by atoms with Crippen LogP contribution in [0, 0.1) is 11.7 Å². The lowest BCUT2D eigenvalue weighted by atomic mass is 10.0. The molecule has 6 heteroatoms. The second kappa shape index (κ2) is 5.61.